The summed E-state index contributed by atoms with van der Waals surface area (Å²) in [6.45, 7) is 2.91. The average Bonchev–Trinajstić information content (AvgIpc) is 2.30. The molecular formula is C13H16F2O4. The number of benzene rings is 1. The summed E-state index contributed by atoms with van der Waals surface area (Å²) in [5.74, 6) is -1.50. The van der Waals surface area contributed by atoms with Gasteiger partial charge in [0.05, 0.1) is 18.1 Å². The molecule has 0 heterocycles. The first-order chi connectivity index (χ1) is 8.69. The molecular weight excluding hydrogens is 258 g/mol. The quantitative estimate of drug-likeness (QED) is 0.866. The molecule has 19 heavy (non-hydrogen) atoms. The molecule has 0 saturated heterocycles. The van der Waals surface area contributed by atoms with E-state index in [0.717, 1.165) is 6.07 Å². The molecule has 0 spiro atoms. The number of hydrogen-bond acceptors (Lipinski definition) is 3. The molecule has 1 rings (SSSR count). The Hall–Kier alpha value is -1.85. The number of carbonyl (C=O) groups is 1. The summed E-state index contributed by atoms with van der Waals surface area (Å²) in [6.07, 6.45) is -2.94. The summed E-state index contributed by atoms with van der Waals surface area (Å²) >= 11 is 0. The van der Waals surface area contributed by atoms with Crippen molar-refractivity contribution in [3.8, 4) is 11.5 Å². The Balaban J connectivity index is 3.27. The molecule has 0 aliphatic rings. The van der Waals surface area contributed by atoms with Crippen molar-refractivity contribution >= 4 is 5.97 Å². The molecule has 6 heteroatoms. The van der Waals surface area contributed by atoms with E-state index in [2.05, 4.69) is 0 Å². The second kappa shape index (κ2) is 5.42. The van der Waals surface area contributed by atoms with Crippen LogP contribution in [0.1, 0.15) is 31.4 Å². The first-order valence-electron chi connectivity index (χ1n) is 5.60. The van der Waals surface area contributed by atoms with E-state index in [0.29, 0.717) is 0 Å². The average molecular weight is 274 g/mol. The predicted octanol–water partition coefficient (Wildman–Crippen LogP) is 2.99. The minimum atomic E-state index is -2.86. The lowest BCUT2D eigenvalue weighted by Crippen LogP contribution is -2.26. The van der Waals surface area contributed by atoms with Crippen molar-refractivity contribution in [1.29, 1.82) is 0 Å². The molecule has 2 N–H and O–H groups in total. The third-order valence-corrected chi connectivity index (χ3v) is 2.87. The highest BCUT2D eigenvalue weighted by molar-refractivity contribution is 5.74. The second-order valence-corrected chi connectivity index (χ2v) is 4.89. The van der Waals surface area contributed by atoms with Gasteiger partial charge in [-0.15, -0.1) is 0 Å². The molecule has 4 nitrogen and oxygen atoms in total. The van der Waals surface area contributed by atoms with E-state index in [1.807, 2.05) is 0 Å². The van der Waals surface area contributed by atoms with Crippen LogP contribution in [0.15, 0.2) is 12.1 Å². The van der Waals surface area contributed by atoms with Crippen LogP contribution in [-0.4, -0.2) is 23.3 Å². The Bertz CT molecular complexity index is 484. The minimum Gasteiger partial charge on any atom is -0.507 e. The summed E-state index contributed by atoms with van der Waals surface area (Å²) in [4.78, 5) is 11.0. The number of ether oxygens (including phenoxy) is 1. The fourth-order valence-electron chi connectivity index (χ4n) is 1.66. The van der Waals surface area contributed by atoms with Crippen molar-refractivity contribution in [3.63, 3.8) is 0 Å². The summed E-state index contributed by atoms with van der Waals surface area (Å²) in [5.41, 5.74) is -1.61. The van der Waals surface area contributed by atoms with Crippen LogP contribution < -0.4 is 4.74 Å². The van der Waals surface area contributed by atoms with Crippen LogP contribution >= 0.6 is 0 Å². The standard InChI is InChI=1S/C13H16F2O4/c1-13(2,12(17)18)6-7-4-8(19-3)5-9(10(7)16)11(14)15/h4-5,11,16H,6H2,1-3H3,(H,17,18). The van der Waals surface area contributed by atoms with Crippen LogP contribution in [0.4, 0.5) is 8.78 Å². The largest absolute Gasteiger partial charge is 0.507 e. The number of aromatic hydroxyl groups is 1. The number of methoxy groups -OCH3 is 1. The van der Waals surface area contributed by atoms with Crippen LogP contribution in [0, 0.1) is 5.41 Å². The minimum absolute atomic E-state index is 0.0783. The Morgan fingerprint density at radius 2 is 2.00 bits per heavy atom. The van der Waals surface area contributed by atoms with E-state index in [1.165, 1.54) is 27.0 Å². The summed E-state index contributed by atoms with van der Waals surface area (Å²) < 4.78 is 30.5. The van der Waals surface area contributed by atoms with Crippen molar-refractivity contribution in [2.45, 2.75) is 26.7 Å². The third-order valence-electron chi connectivity index (χ3n) is 2.87. The molecule has 0 aliphatic heterocycles. The van der Waals surface area contributed by atoms with Crippen LogP contribution in [0.5, 0.6) is 11.5 Å². The molecule has 0 radical (unpaired) electrons. The number of carboxylic acid groups (broad SMARTS) is 1. The van der Waals surface area contributed by atoms with Gasteiger partial charge in [-0.2, -0.15) is 0 Å². The maximum absolute atomic E-state index is 12.8. The lowest BCUT2D eigenvalue weighted by atomic mass is 9.85. The highest BCUT2D eigenvalue weighted by Crippen LogP contribution is 2.37. The van der Waals surface area contributed by atoms with Gasteiger partial charge >= 0.3 is 5.97 Å². The van der Waals surface area contributed by atoms with Gasteiger partial charge in [0, 0.05) is 0 Å². The van der Waals surface area contributed by atoms with Crippen LogP contribution in [0.3, 0.4) is 0 Å². The van der Waals surface area contributed by atoms with Gasteiger partial charge in [-0.3, -0.25) is 4.79 Å². The van der Waals surface area contributed by atoms with Crippen molar-refractivity contribution < 1.29 is 28.5 Å². The number of phenols is 1. The van der Waals surface area contributed by atoms with Gasteiger partial charge < -0.3 is 14.9 Å². The lowest BCUT2D eigenvalue weighted by Gasteiger charge is -2.21. The van der Waals surface area contributed by atoms with Crippen LogP contribution in [0.25, 0.3) is 0 Å². The molecule has 0 atom stereocenters. The highest BCUT2D eigenvalue weighted by Gasteiger charge is 2.30. The van der Waals surface area contributed by atoms with Crippen molar-refractivity contribution in [2.75, 3.05) is 7.11 Å². The van der Waals surface area contributed by atoms with Crippen molar-refractivity contribution in [2.24, 2.45) is 5.41 Å². The summed E-state index contributed by atoms with van der Waals surface area (Å²) in [5, 5.41) is 18.8. The number of alkyl halides is 2. The Morgan fingerprint density at radius 1 is 1.42 bits per heavy atom. The van der Waals surface area contributed by atoms with E-state index in [4.69, 9.17) is 9.84 Å². The maximum atomic E-state index is 12.8. The lowest BCUT2D eigenvalue weighted by molar-refractivity contribution is -0.146. The first-order valence-corrected chi connectivity index (χ1v) is 5.60. The molecule has 106 valence electrons. The molecule has 0 bridgehead atoms. The van der Waals surface area contributed by atoms with Crippen LogP contribution in [0.2, 0.25) is 0 Å². The number of phenolic OH excluding ortho intramolecular Hbond substituents is 1. The van der Waals surface area contributed by atoms with Gasteiger partial charge in [0.2, 0.25) is 0 Å². The van der Waals surface area contributed by atoms with Gasteiger partial charge in [0.15, 0.2) is 0 Å². The number of rotatable bonds is 5. The number of carboxylic acids is 1. The topological polar surface area (TPSA) is 66.8 Å². The molecule has 0 fully saturated rings. The molecule has 1 aromatic rings. The molecule has 0 unspecified atom stereocenters. The van der Waals surface area contributed by atoms with Crippen molar-refractivity contribution in [1.82, 2.24) is 0 Å². The van der Waals surface area contributed by atoms with E-state index < -0.39 is 29.1 Å². The zero-order valence-electron chi connectivity index (χ0n) is 10.9. The predicted molar refractivity (Wildman–Crippen MR) is 64.7 cm³/mol. The molecule has 1 aromatic carbocycles. The monoisotopic (exact) mass is 274 g/mol. The molecule has 0 aromatic heterocycles. The van der Waals surface area contributed by atoms with Gasteiger partial charge in [0.25, 0.3) is 6.43 Å². The first kappa shape index (κ1) is 15.2. The number of hydrogen-bond donors (Lipinski definition) is 2. The fourth-order valence-corrected chi connectivity index (χ4v) is 1.66. The Morgan fingerprint density at radius 3 is 2.42 bits per heavy atom. The fraction of sp³-hybridized carbons (Fsp3) is 0.462. The smallest absolute Gasteiger partial charge is 0.309 e. The van der Waals surface area contributed by atoms with Gasteiger partial charge in [0.1, 0.15) is 11.5 Å². The molecule has 0 amide bonds. The van der Waals surface area contributed by atoms with E-state index in [-0.39, 0.29) is 17.7 Å². The van der Waals surface area contributed by atoms with Gasteiger partial charge in [-0.1, -0.05) is 0 Å². The van der Waals surface area contributed by atoms with Crippen LogP contribution in [-0.2, 0) is 11.2 Å². The normalized spacial score (nSPS) is 11.7. The zero-order valence-corrected chi connectivity index (χ0v) is 10.9. The molecule has 0 aliphatic carbocycles. The number of aliphatic carboxylic acids is 1. The van der Waals surface area contributed by atoms with Gasteiger partial charge in [-0.25, -0.2) is 8.78 Å². The van der Waals surface area contributed by atoms with Gasteiger partial charge in [-0.05, 0) is 38.0 Å². The van der Waals surface area contributed by atoms with E-state index in [9.17, 15) is 18.7 Å². The number of halogens is 2. The summed E-state index contributed by atoms with van der Waals surface area (Å²) in [6, 6.07) is 2.41. The highest BCUT2D eigenvalue weighted by atomic mass is 19.3. The SMILES string of the molecule is COc1cc(CC(C)(C)C(=O)O)c(O)c(C(F)F)c1. The zero-order chi connectivity index (χ0) is 14.8. The van der Waals surface area contributed by atoms with E-state index in [1.54, 1.807) is 0 Å². The van der Waals surface area contributed by atoms with Crippen molar-refractivity contribution in [3.05, 3.63) is 23.3 Å². The second-order valence-electron chi connectivity index (χ2n) is 4.89. The third kappa shape index (κ3) is 3.33. The molecule has 0 saturated carbocycles. The Kier molecular flexibility index (Phi) is 4.34. The maximum Gasteiger partial charge on any atom is 0.309 e. The Labute approximate surface area is 109 Å². The summed E-state index contributed by atoms with van der Waals surface area (Å²) in [7, 11) is 1.31. The van der Waals surface area contributed by atoms with E-state index >= 15 is 0 Å².